The fourth-order valence-corrected chi connectivity index (χ4v) is 4.19. The average Bonchev–Trinajstić information content (AvgIpc) is 2.67. The van der Waals surface area contributed by atoms with E-state index in [1.165, 1.54) is 0 Å². The zero-order chi connectivity index (χ0) is 22.1. The largest absolute Gasteiger partial charge is 0.351 e. The molecule has 8 heteroatoms. The van der Waals surface area contributed by atoms with Crippen molar-refractivity contribution in [2.75, 3.05) is 0 Å². The minimum atomic E-state index is -0.812. The van der Waals surface area contributed by atoms with Crippen LogP contribution in [0, 0.1) is 6.92 Å². The van der Waals surface area contributed by atoms with E-state index in [2.05, 4.69) is 15.6 Å². The average molecular weight is 448 g/mol. The van der Waals surface area contributed by atoms with E-state index in [1.54, 1.807) is 18.3 Å². The van der Waals surface area contributed by atoms with Gasteiger partial charge in [0.05, 0.1) is 17.0 Å². The number of amides is 3. The second kappa shape index (κ2) is 8.74. The molecule has 3 amide bonds. The van der Waals surface area contributed by atoms with Gasteiger partial charge < -0.3 is 5.32 Å². The summed E-state index contributed by atoms with van der Waals surface area (Å²) < 4.78 is 0. The quantitative estimate of drug-likeness (QED) is 0.681. The second-order valence-corrected chi connectivity index (χ2v) is 8.82. The molecule has 1 aliphatic rings. The van der Waals surface area contributed by atoms with E-state index in [4.69, 9.17) is 23.2 Å². The van der Waals surface area contributed by atoms with Gasteiger partial charge in [0.2, 0.25) is 17.7 Å². The molecule has 0 aliphatic carbocycles. The first-order valence-electron chi connectivity index (χ1n) is 9.62. The van der Waals surface area contributed by atoms with Gasteiger partial charge in [-0.3, -0.25) is 24.7 Å². The number of piperidine rings is 1. The number of nitrogens with one attached hydrogen (secondary N) is 2. The Morgan fingerprint density at radius 2 is 1.90 bits per heavy atom. The molecular weight excluding hydrogens is 425 g/mol. The molecule has 0 spiro atoms. The first-order valence-corrected chi connectivity index (χ1v) is 10.4. The minimum absolute atomic E-state index is 0.180. The first kappa shape index (κ1) is 22.2. The van der Waals surface area contributed by atoms with Crippen LogP contribution in [0.15, 0.2) is 30.5 Å². The molecule has 30 heavy (non-hydrogen) atoms. The normalized spacial score (nSPS) is 16.9. The molecule has 1 aromatic heterocycles. The van der Waals surface area contributed by atoms with E-state index in [0.29, 0.717) is 33.3 Å². The molecule has 3 rings (SSSR count). The minimum Gasteiger partial charge on any atom is -0.351 e. The Morgan fingerprint density at radius 3 is 2.47 bits per heavy atom. The number of carbonyl (C=O) groups excluding carboxylic acids is 3. The van der Waals surface area contributed by atoms with E-state index >= 15 is 0 Å². The number of rotatable bonds is 5. The van der Waals surface area contributed by atoms with Crippen molar-refractivity contribution in [3.8, 4) is 0 Å². The van der Waals surface area contributed by atoms with Gasteiger partial charge in [-0.2, -0.15) is 0 Å². The molecule has 1 unspecified atom stereocenters. The monoisotopic (exact) mass is 447 g/mol. The molecule has 2 heterocycles. The number of benzene rings is 1. The highest BCUT2D eigenvalue weighted by molar-refractivity contribution is 6.36. The molecule has 0 radical (unpaired) electrons. The lowest BCUT2D eigenvalue weighted by atomic mass is 9.87. The highest BCUT2D eigenvalue weighted by Crippen LogP contribution is 2.37. The van der Waals surface area contributed by atoms with Gasteiger partial charge in [-0.05, 0) is 56.5 Å². The van der Waals surface area contributed by atoms with Crippen LogP contribution in [0.4, 0.5) is 0 Å². The van der Waals surface area contributed by atoms with Gasteiger partial charge in [-0.15, -0.1) is 0 Å². The van der Waals surface area contributed by atoms with Gasteiger partial charge in [0.1, 0.15) is 0 Å². The SMILES string of the molecule is Cc1ccc(C(C)(C)C(=O)NCc2cc(Cl)c(C3CCC(=O)NC3=O)c(Cl)c2)nc1. The summed E-state index contributed by atoms with van der Waals surface area (Å²) in [5.41, 5.74) is 2.10. The summed E-state index contributed by atoms with van der Waals surface area (Å²) in [6.45, 7) is 5.79. The van der Waals surface area contributed by atoms with E-state index in [1.807, 2.05) is 32.9 Å². The van der Waals surface area contributed by atoms with Gasteiger partial charge in [-0.25, -0.2) is 0 Å². The highest BCUT2D eigenvalue weighted by atomic mass is 35.5. The maximum Gasteiger partial charge on any atom is 0.234 e. The van der Waals surface area contributed by atoms with Crippen LogP contribution in [0.3, 0.4) is 0 Å². The molecule has 1 atom stereocenters. The molecule has 2 N–H and O–H groups in total. The van der Waals surface area contributed by atoms with Crippen LogP contribution in [0.1, 0.15) is 55.0 Å². The standard InChI is InChI=1S/C22H23Cl2N3O3/c1-12-4-6-17(25-10-12)22(2,3)21(30)26-11-13-8-15(23)19(16(24)9-13)14-5-7-18(28)27-20(14)29/h4,6,8-10,14H,5,7,11H2,1-3H3,(H,26,30)(H,27,28,29). The molecule has 1 aliphatic heterocycles. The van der Waals surface area contributed by atoms with Gasteiger partial charge in [-0.1, -0.05) is 29.3 Å². The van der Waals surface area contributed by atoms with Crippen LogP contribution >= 0.6 is 23.2 Å². The van der Waals surface area contributed by atoms with Crippen molar-refractivity contribution < 1.29 is 14.4 Å². The lowest BCUT2D eigenvalue weighted by Gasteiger charge is -2.24. The number of halogens is 2. The summed E-state index contributed by atoms with van der Waals surface area (Å²) in [6.07, 6.45) is 2.33. The molecule has 2 aromatic rings. The third kappa shape index (κ3) is 4.65. The second-order valence-electron chi connectivity index (χ2n) is 8.01. The Labute approximate surface area is 185 Å². The van der Waals surface area contributed by atoms with Crippen LogP contribution in [0.5, 0.6) is 0 Å². The Bertz CT molecular complexity index is 980. The first-order chi connectivity index (χ1) is 14.1. The van der Waals surface area contributed by atoms with Gasteiger partial charge in [0.25, 0.3) is 0 Å². The number of nitrogens with zero attached hydrogens (tertiary/aromatic N) is 1. The van der Waals surface area contributed by atoms with E-state index < -0.39 is 17.2 Å². The molecule has 1 saturated heterocycles. The molecule has 0 saturated carbocycles. The summed E-state index contributed by atoms with van der Waals surface area (Å²) in [7, 11) is 0. The van der Waals surface area contributed by atoms with Crippen molar-refractivity contribution in [1.29, 1.82) is 0 Å². The van der Waals surface area contributed by atoms with Gasteiger partial charge in [0.15, 0.2) is 0 Å². The summed E-state index contributed by atoms with van der Waals surface area (Å²) in [5.74, 6) is -1.45. The number of imide groups is 1. The molecule has 158 valence electrons. The lowest BCUT2D eigenvalue weighted by molar-refractivity contribution is -0.134. The van der Waals surface area contributed by atoms with E-state index in [9.17, 15) is 14.4 Å². The summed E-state index contributed by atoms with van der Waals surface area (Å²) in [4.78, 5) is 40.7. The Balaban J connectivity index is 1.73. The van der Waals surface area contributed by atoms with Crippen LogP contribution in [0.2, 0.25) is 10.0 Å². The maximum absolute atomic E-state index is 12.8. The third-order valence-electron chi connectivity index (χ3n) is 5.30. The molecule has 1 fully saturated rings. The zero-order valence-electron chi connectivity index (χ0n) is 17.0. The van der Waals surface area contributed by atoms with Crippen molar-refractivity contribution >= 4 is 40.9 Å². The summed E-state index contributed by atoms with van der Waals surface area (Å²) in [6, 6.07) is 7.13. The smallest absolute Gasteiger partial charge is 0.234 e. The molecule has 6 nitrogen and oxygen atoms in total. The predicted octanol–water partition coefficient (Wildman–Crippen LogP) is 3.81. The number of pyridine rings is 1. The Kier molecular flexibility index (Phi) is 6.48. The van der Waals surface area contributed by atoms with Crippen LogP contribution < -0.4 is 10.6 Å². The van der Waals surface area contributed by atoms with Crippen LogP contribution in [-0.4, -0.2) is 22.7 Å². The maximum atomic E-state index is 12.8. The number of hydrogen-bond acceptors (Lipinski definition) is 4. The number of carbonyl (C=O) groups is 3. The van der Waals surface area contributed by atoms with Gasteiger partial charge in [0, 0.05) is 34.8 Å². The number of aromatic nitrogens is 1. The third-order valence-corrected chi connectivity index (χ3v) is 5.92. The molecule has 0 bridgehead atoms. The summed E-state index contributed by atoms with van der Waals surface area (Å²) in [5, 5.41) is 5.88. The molecular formula is C22H23Cl2N3O3. The van der Waals surface area contributed by atoms with Crippen molar-refractivity contribution in [1.82, 2.24) is 15.6 Å². The Morgan fingerprint density at radius 1 is 1.23 bits per heavy atom. The number of aryl methyl sites for hydroxylation is 1. The van der Waals surface area contributed by atoms with Crippen molar-refractivity contribution in [3.63, 3.8) is 0 Å². The highest BCUT2D eigenvalue weighted by Gasteiger charge is 2.32. The van der Waals surface area contributed by atoms with Crippen molar-refractivity contribution in [2.45, 2.75) is 51.5 Å². The zero-order valence-corrected chi connectivity index (χ0v) is 18.5. The topological polar surface area (TPSA) is 88.2 Å². The van der Waals surface area contributed by atoms with Crippen molar-refractivity contribution in [3.05, 3.63) is 62.9 Å². The summed E-state index contributed by atoms with van der Waals surface area (Å²) >= 11 is 12.8. The Hall–Kier alpha value is -2.44. The molecule has 1 aromatic carbocycles. The lowest BCUT2D eigenvalue weighted by Crippen LogP contribution is -2.40. The fourth-order valence-electron chi connectivity index (χ4n) is 3.40. The van der Waals surface area contributed by atoms with Crippen molar-refractivity contribution in [2.24, 2.45) is 0 Å². The predicted molar refractivity (Wildman–Crippen MR) is 115 cm³/mol. The fraction of sp³-hybridized carbons (Fsp3) is 0.364. The van der Waals surface area contributed by atoms with Gasteiger partial charge >= 0.3 is 0 Å². The van der Waals surface area contributed by atoms with E-state index in [-0.39, 0.29) is 24.8 Å². The van der Waals surface area contributed by atoms with Crippen LogP contribution in [-0.2, 0) is 26.3 Å². The number of hydrogen-bond donors (Lipinski definition) is 2. The van der Waals surface area contributed by atoms with E-state index in [0.717, 1.165) is 5.56 Å². The van der Waals surface area contributed by atoms with Crippen LogP contribution in [0.25, 0.3) is 0 Å².